The van der Waals surface area contributed by atoms with Gasteiger partial charge in [0.05, 0.1) is 0 Å². The molecule has 6 atom stereocenters. The molecular weight excluding hydrogens is 312 g/mol. The third kappa shape index (κ3) is 2.77. The Balaban J connectivity index is 1.65. The molecule has 3 aliphatic rings. The first kappa shape index (κ1) is 16.4. The third-order valence-electron chi connectivity index (χ3n) is 4.64. The summed E-state index contributed by atoms with van der Waals surface area (Å²) in [6.45, 7) is 7.39. The van der Waals surface area contributed by atoms with Crippen LogP contribution in [0.1, 0.15) is 39.4 Å². The first-order valence-electron chi connectivity index (χ1n) is 8.35. The van der Waals surface area contributed by atoms with E-state index in [9.17, 15) is 5.11 Å². The summed E-state index contributed by atoms with van der Waals surface area (Å²) in [5.74, 6) is -1.53. The van der Waals surface area contributed by atoms with Crippen LogP contribution in [0.4, 0.5) is 0 Å². The van der Waals surface area contributed by atoms with E-state index in [1.165, 1.54) is 0 Å². The highest BCUT2D eigenvalue weighted by atomic mass is 16.9. The lowest BCUT2D eigenvalue weighted by atomic mass is 9.92. The highest BCUT2D eigenvalue weighted by Crippen LogP contribution is 2.46. The standard InChI is InChI=1S/C18H24O6/c1-17(2)21-13-12(11(19)10-8-6-5-7-9-10)20-16-15(14(13)22-17)23-18(3,4)24-16/h5-9,11-16,19H,1-4H3/t11?,12-,13+,14+,15-,16-/m1/s1. The van der Waals surface area contributed by atoms with Crippen molar-refractivity contribution in [3.05, 3.63) is 35.9 Å². The van der Waals surface area contributed by atoms with Crippen molar-refractivity contribution in [3.63, 3.8) is 0 Å². The summed E-state index contributed by atoms with van der Waals surface area (Å²) in [6.07, 6.45) is -3.21. The molecule has 24 heavy (non-hydrogen) atoms. The number of aliphatic hydroxyl groups is 1. The van der Waals surface area contributed by atoms with Gasteiger partial charge in [-0.25, -0.2) is 0 Å². The van der Waals surface area contributed by atoms with Crippen LogP contribution in [0.2, 0.25) is 0 Å². The van der Waals surface area contributed by atoms with Gasteiger partial charge in [-0.15, -0.1) is 0 Å². The molecule has 0 bridgehead atoms. The van der Waals surface area contributed by atoms with Gasteiger partial charge in [0.2, 0.25) is 0 Å². The van der Waals surface area contributed by atoms with E-state index in [1.54, 1.807) is 0 Å². The fraction of sp³-hybridized carbons (Fsp3) is 0.667. The second kappa shape index (κ2) is 5.49. The van der Waals surface area contributed by atoms with Gasteiger partial charge in [0.15, 0.2) is 17.9 Å². The van der Waals surface area contributed by atoms with Crippen molar-refractivity contribution in [2.45, 2.75) is 76.1 Å². The van der Waals surface area contributed by atoms with Crippen LogP contribution in [-0.4, -0.2) is 47.4 Å². The van der Waals surface area contributed by atoms with Crippen LogP contribution in [0.3, 0.4) is 0 Å². The van der Waals surface area contributed by atoms with Gasteiger partial charge >= 0.3 is 0 Å². The number of ether oxygens (including phenoxy) is 5. The second-order valence-corrected chi connectivity index (χ2v) is 7.49. The van der Waals surface area contributed by atoms with E-state index in [0.29, 0.717) is 0 Å². The fourth-order valence-corrected chi connectivity index (χ4v) is 3.74. The molecule has 1 unspecified atom stereocenters. The molecule has 132 valence electrons. The molecule has 6 heteroatoms. The largest absolute Gasteiger partial charge is 0.386 e. The van der Waals surface area contributed by atoms with Crippen LogP contribution < -0.4 is 0 Å². The molecule has 1 aromatic rings. The Kier molecular flexibility index (Phi) is 3.76. The van der Waals surface area contributed by atoms with E-state index in [-0.39, 0.29) is 12.2 Å². The number of rotatable bonds is 2. The zero-order valence-electron chi connectivity index (χ0n) is 14.3. The van der Waals surface area contributed by atoms with Gasteiger partial charge < -0.3 is 28.8 Å². The zero-order valence-corrected chi connectivity index (χ0v) is 14.3. The molecule has 6 nitrogen and oxygen atoms in total. The summed E-state index contributed by atoms with van der Waals surface area (Å²) in [4.78, 5) is 0. The fourth-order valence-electron chi connectivity index (χ4n) is 3.74. The minimum absolute atomic E-state index is 0.358. The quantitative estimate of drug-likeness (QED) is 0.892. The lowest BCUT2D eigenvalue weighted by Crippen LogP contribution is -2.56. The Morgan fingerprint density at radius 2 is 1.42 bits per heavy atom. The average molecular weight is 336 g/mol. The van der Waals surface area contributed by atoms with Gasteiger partial charge in [-0.05, 0) is 33.3 Å². The van der Waals surface area contributed by atoms with Crippen LogP contribution in [0, 0.1) is 0 Å². The molecule has 4 rings (SSSR count). The summed E-state index contributed by atoms with van der Waals surface area (Å²) >= 11 is 0. The average Bonchev–Trinajstić information content (AvgIpc) is 3.00. The van der Waals surface area contributed by atoms with Crippen LogP contribution in [0.5, 0.6) is 0 Å². The number of hydrogen-bond acceptors (Lipinski definition) is 6. The summed E-state index contributed by atoms with van der Waals surface area (Å²) in [5.41, 5.74) is 0.770. The monoisotopic (exact) mass is 336 g/mol. The minimum atomic E-state index is -0.843. The zero-order chi connectivity index (χ0) is 17.1. The first-order valence-corrected chi connectivity index (χ1v) is 8.35. The molecule has 3 fully saturated rings. The van der Waals surface area contributed by atoms with Crippen molar-refractivity contribution in [1.82, 2.24) is 0 Å². The molecule has 0 amide bonds. The van der Waals surface area contributed by atoms with Gasteiger partial charge in [-0.2, -0.15) is 0 Å². The Bertz CT molecular complexity index is 601. The van der Waals surface area contributed by atoms with Crippen molar-refractivity contribution in [3.8, 4) is 0 Å². The number of benzene rings is 1. The normalized spacial score (nSPS) is 40.8. The van der Waals surface area contributed by atoms with Gasteiger partial charge in [0, 0.05) is 0 Å². The number of aliphatic hydroxyl groups excluding tert-OH is 1. The molecule has 0 aromatic heterocycles. The molecule has 1 aromatic carbocycles. The molecule has 0 aliphatic carbocycles. The van der Waals surface area contributed by atoms with E-state index in [4.69, 9.17) is 23.7 Å². The van der Waals surface area contributed by atoms with E-state index >= 15 is 0 Å². The Morgan fingerprint density at radius 3 is 2.12 bits per heavy atom. The van der Waals surface area contributed by atoms with Crippen molar-refractivity contribution in [2.75, 3.05) is 0 Å². The van der Waals surface area contributed by atoms with Crippen molar-refractivity contribution < 1.29 is 28.8 Å². The SMILES string of the molecule is CC1(C)O[C@H]2[C@@H](O1)[C@@H](C(O)c1ccccc1)O[C@@H]1OC(C)(C)O[C@@H]12. The molecule has 0 radical (unpaired) electrons. The van der Waals surface area contributed by atoms with Gasteiger partial charge in [0.25, 0.3) is 0 Å². The van der Waals surface area contributed by atoms with Gasteiger partial charge in [-0.1, -0.05) is 30.3 Å². The maximum Gasteiger partial charge on any atom is 0.190 e. The lowest BCUT2D eigenvalue weighted by molar-refractivity contribution is -0.253. The highest BCUT2D eigenvalue weighted by Gasteiger charge is 2.61. The molecule has 3 saturated heterocycles. The summed E-state index contributed by atoms with van der Waals surface area (Å²) in [7, 11) is 0. The van der Waals surface area contributed by atoms with Crippen molar-refractivity contribution in [2.24, 2.45) is 0 Å². The Labute approximate surface area is 141 Å². The van der Waals surface area contributed by atoms with E-state index in [0.717, 1.165) is 5.56 Å². The van der Waals surface area contributed by atoms with Crippen LogP contribution >= 0.6 is 0 Å². The molecule has 1 N–H and O–H groups in total. The van der Waals surface area contributed by atoms with Gasteiger partial charge in [-0.3, -0.25) is 0 Å². The first-order chi connectivity index (χ1) is 11.3. The second-order valence-electron chi connectivity index (χ2n) is 7.49. The molecule has 3 aliphatic heterocycles. The smallest absolute Gasteiger partial charge is 0.190 e. The molecule has 3 heterocycles. The van der Waals surface area contributed by atoms with Crippen molar-refractivity contribution in [1.29, 1.82) is 0 Å². The highest BCUT2D eigenvalue weighted by molar-refractivity contribution is 5.20. The summed E-state index contributed by atoms with van der Waals surface area (Å²) < 4.78 is 30.0. The molecule has 0 spiro atoms. The molecular formula is C18H24O6. The van der Waals surface area contributed by atoms with Crippen LogP contribution in [0.15, 0.2) is 30.3 Å². The van der Waals surface area contributed by atoms with Crippen molar-refractivity contribution >= 4 is 0 Å². The summed E-state index contributed by atoms with van der Waals surface area (Å²) in [5, 5.41) is 10.9. The van der Waals surface area contributed by atoms with E-state index < -0.39 is 36.2 Å². The minimum Gasteiger partial charge on any atom is -0.386 e. The van der Waals surface area contributed by atoms with Gasteiger partial charge in [0.1, 0.15) is 30.5 Å². The topological polar surface area (TPSA) is 66.4 Å². The van der Waals surface area contributed by atoms with Crippen LogP contribution in [-0.2, 0) is 23.7 Å². The third-order valence-corrected chi connectivity index (χ3v) is 4.64. The number of hydrogen-bond donors (Lipinski definition) is 1. The maximum atomic E-state index is 10.9. The maximum absolute atomic E-state index is 10.9. The predicted molar refractivity (Wildman–Crippen MR) is 83.9 cm³/mol. The summed E-state index contributed by atoms with van der Waals surface area (Å²) in [6, 6.07) is 9.41. The van der Waals surface area contributed by atoms with Crippen LogP contribution in [0.25, 0.3) is 0 Å². The van der Waals surface area contributed by atoms with E-state index in [2.05, 4.69) is 0 Å². The predicted octanol–water partition coefficient (Wildman–Crippen LogP) is 2.12. The Hall–Kier alpha value is -1.02. The Morgan fingerprint density at radius 1 is 0.833 bits per heavy atom. The lowest BCUT2D eigenvalue weighted by Gasteiger charge is -2.39. The molecule has 0 saturated carbocycles. The number of fused-ring (bicyclic) bond motifs is 3. The van der Waals surface area contributed by atoms with E-state index in [1.807, 2.05) is 58.0 Å².